The van der Waals surface area contributed by atoms with Crippen molar-refractivity contribution in [1.29, 1.82) is 0 Å². The molecule has 2 heterocycles. The number of nitrogens with zero attached hydrogens (tertiary/aromatic N) is 3. The summed E-state index contributed by atoms with van der Waals surface area (Å²) in [5.74, 6) is 0.767. The van der Waals surface area contributed by atoms with Gasteiger partial charge in [-0.1, -0.05) is 0 Å². The van der Waals surface area contributed by atoms with Gasteiger partial charge in [-0.25, -0.2) is 15.1 Å². The van der Waals surface area contributed by atoms with Crippen molar-refractivity contribution in [2.24, 2.45) is 0 Å². The van der Waals surface area contributed by atoms with Gasteiger partial charge >= 0.3 is 0 Å². The second kappa shape index (κ2) is 8.00. The number of fused-ring (bicyclic) bond motifs is 1. The minimum atomic E-state index is -0.242. The number of rotatable bonds is 6. The van der Waals surface area contributed by atoms with Crippen LogP contribution in [0, 0.1) is 6.92 Å². The predicted octanol–water partition coefficient (Wildman–Crippen LogP) is 1.04. The lowest BCUT2D eigenvalue weighted by Gasteiger charge is -2.17. The Morgan fingerprint density at radius 1 is 1.20 bits per heavy atom. The van der Waals surface area contributed by atoms with Crippen molar-refractivity contribution in [3.63, 3.8) is 0 Å². The first kappa shape index (κ1) is 17.3. The highest BCUT2D eigenvalue weighted by molar-refractivity contribution is 5.76. The smallest absolute Gasteiger partial charge is 0.264 e. The standard InChI is InChI=1S/C18H23N5O2/c1-12-14-4-2-3-5-15(14)21-16(20-12)10-11-19-17(24)8-6-13-7-9-18(25)23-22-13/h7,9H,2-6,8,10-11H2,1H3,(H,19,24)(H,23,25). The molecule has 0 saturated carbocycles. The molecule has 0 atom stereocenters. The average Bonchev–Trinajstić information content (AvgIpc) is 2.61. The van der Waals surface area contributed by atoms with Crippen LogP contribution in [0.15, 0.2) is 16.9 Å². The zero-order valence-electron chi connectivity index (χ0n) is 14.5. The lowest BCUT2D eigenvalue weighted by atomic mass is 9.95. The Kier molecular flexibility index (Phi) is 5.53. The molecule has 7 heteroatoms. The van der Waals surface area contributed by atoms with Crippen molar-refractivity contribution in [3.8, 4) is 0 Å². The van der Waals surface area contributed by atoms with Gasteiger partial charge in [0, 0.05) is 43.3 Å². The van der Waals surface area contributed by atoms with E-state index in [4.69, 9.17) is 0 Å². The Bertz CT molecular complexity index is 795. The number of H-pyrrole nitrogens is 1. The lowest BCUT2D eigenvalue weighted by molar-refractivity contribution is -0.121. The molecule has 0 radical (unpaired) electrons. The molecule has 3 rings (SSSR count). The molecule has 25 heavy (non-hydrogen) atoms. The van der Waals surface area contributed by atoms with Crippen molar-refractivity contribution in [2.75, 3.05) is 6.54 Å². The molecule has 0 fully saturated rings. The van der Waals surface area contributed by atoms with Gasteiger partial charge in [-0.3, -0.25) is 9.59 Å². The van der Waals surface area contributed by atoms with Crippen molar-refractivity contribution in [1.82, 2.24) is 25.5 Å². The Labute approximate surface area is 146 Å². The zero-order valence-corrected chi connectivity index (χ0v) is 14.5. The SMILES string of the molecule is Cc1nc(CCNC(=O)CCc2ccc(=O)[nH]n2)nc2c1CCCC2. The summed E-state index contributed by atoms with van der Waals surface area (Å²) in [6.45, 7) is 2.57. The Hall–Kier alpha value is -2.57. The van der Waals surface area contributed by atoms with Gasteiger partial charge < -0.3 is 5.32 Å². The maximum atomic E-state index is 11.9. The van der Waals surface area contributed by atoms with E-state index in [-0.39, 0.29) is 11.5 Å². The maximum absolute atomic E-state index is 11.9. The van der Waals surface area contributed by atoms with Gasteiger partial charge in [-0.15, -0.1) is 0 Å². The minimum Gasteiger partial charge on any atom is -0.356 e. The molecule has 2 N–H and O–H groups in total. The number of aryl methyl sites for hydroxylation is 3. The molecular formula is C18H23N5O2. The highest BCUT2D eigenvalue weighted by atomic mass is 16.1. The summed E-state index contributed by atoms with van der Waals surface area (Å²) in [5.41, 5.74) is 4.03. The molecule has 132 valence electrons. The molecule has 0 bridgehead atoms. The van der Waals surface area contributed by atoms with Crippen LogP contribution in [0.4, 0.5) is 0 Å². The number of aromatic amines is 1. The van der Waals surface area contributed by atoms with Crippen molar-refractivity contribution < 1.29 is 4.79 Å². The third-order valence-electron chi connectivity index (χ3n) is 4.45. The normalized spacial score (nSPS) is 13.3. The Morgan fingerprint density at radius 2 is 2.04 bits per heavy atom. The van der Waals surface area contributed by atoms with Crippen LogP contribution in [0.25, 0.3) is 0 Å². The molecule has 0 saturated heterocycles. The van der Waals surface area contributed by atoms with Gasteiger partial charge in [0.15, 0.2) is 0 Å². The summed E-state index contributed by atoms with van der Waals surface area (Å²) in [6.07, 6.45) is 5.99. The van der Waals surface area contributed by atoms with Crippen LogP contribution in [0.2, 0.25) is 0 Å². The summed E-state index contributed by atoms with van der Waals surface area (Å²) >= 11 is 0. The second-order valence-electron chi connectivity index (χ2n) is 6.37. The fourth-order valence-electron chi connectivity index (χ4n) is 3.11. The number of nitrogens with one attached hydrogen (secondary N) is 2. The number of carbonyl (C=O) groups excluding carboxylic acids is 1. The highest BCUT2D eigenvalue weighted by Crippen LogP contribution is 2.21. The van der Waals surface area contributed by atoms with Crippen molar-refractivity contribution >= 4 is 5.91 Å². The van der Waals surface area contributed by atoms with E-state index in [1.165, 1.54) is 30.2 Å². The second-order valence-corrected chi connectivity index (χ2v) is 6.37. The molecule has 1 amide bonds. The average molecular weight is 341 g/mol. The first-order chi connectivity index (χ1) is 12.1. The summed E-state index contributed by atoms with van der Waals surface area (Å²) in [6, 6.07) is 3.05. The Morgan fingerprint density at radius 3 is 2.84 bits per heavy atom. The van der Waals surface area contributed by atoms with Crippen LogP contribution < -0.4 is 10.9 Å². The fraction of sp³-hybridized carbons (Fsp3) is 0.500. The van der Waals surface area contributed by atoms with Gasteiger partial charge in [0.2, 0.25) is 5.91 Å². The van der Waals surface area contributed by atoms with Gasteiger partial charge in [-0.2, -0.15) is 5.10 Å². The van der Waals surface area contributed by atoms with E-state index < -0.39 is 0 Å². The van der Waals surface area contributed by atoms with Crippen LogP contribution in [0.5, 0.6) is 0 Å². The number of hydrogen-bond acceptors (Lipinski definition) is 5. The molecule has 0 unspecified atom stereocenters. The molecule has 1 aliphatic carbocycles. The van der Waals surface area contributed by atoms with Crippen LogP contribution in [0.3, 0.4) is 0 Å². The first-order valence-corrected chi connectivity index (χ1v) is 8.78. The van der Waals surface area contributed by atoms with Gasteiger partial charge in [-0.05, 0) is 44.2 Å². The first-order valence-electron chi connectivity index (χ1n) is 8.78. The fourth-order valence-corrected chi connectivity index (χ4v) is 3.11. The summed E-state index contributed by atoms with van der Waals surface area (Å²) in [5, 5.41) is 9.15. The van der Waals surface area contributed by atoms with Crippen molar-refractivity contribution in [2.45, 2.75) is 51.9 Å². The molecule has 0 aromatic carbocycles. The number of hydrogen-bond donors (Lipinski definition) is 2. The van der Waals surface area contributed by atoms with E-state index in [2.05, 4.69) is 25.5 Å². The maximum Gasteiger partial charge on any atom is 0.264 e. The number of amides is 1. The summed E-state index contributed by atoms with van der Waals surface area (Å²) in [7, 11) is 0. The van der Waals surface area contributed by atoms with Gasteiger partial charge in [0.05, 0.1) is 5.69 Å². The summed E-state index contributed by atoms with van der Waals surface area (Å²) in [4.78, 5) is 32.1. The predicted molar refractivity (Wildman–Crippen MR) is 93.3 cm³/mol. The lowest BCUT2D eigenvalue weighted by Crippen LogP contribution is -2.27. The third-order valence-corrected chi connectivity index (χ3v) is 4.45. The van der Waals surface area contributed by atoms with Crippen LogP contribution in [-0.4, -0.2) is 32.6 Å². The summed E-state index contributed by atoms with van der Waals surface area (Å²) < 4.78 is 0. The number of aromatic nitrogens is 4. The molecule has 7 nitrogen and oxygen atoms in total. The van der Waals surface area contributed by atoms with E-state index in [9.17, 15) is 9.59 Å². The third kappa shape index (κ3) is 4.71. The largest absolute Gasteiger partial charge is 0.356 e. The quantitative estimate of drug-likeness (QED) is 0.817. The molecule has 0 spiro atoms. The number of carbonyl (C=O) groups is 1. The van der Waals surface area contributed by atoms with E-state index in [0.29, 0.717) is 31.5 Å². The topological polar surface area (TPSA) is 101 Å². The monoisotopic (exact) mass is 341 g/mol. The van der Waals surface area contributed by atoms with E-state index in [1.54, 1.807) is 6.07 Å². The van der Waals surface area contributed by atoms with Crippen LogP contribution >= 0.6 is 0 Å². The van der Waals surface area contributed by atoms with E-state index >= 15 is 0 Å². The molecule has 2 aromatic heterocycles. The van der Waals surface area contributed by atoms with E-state index in [0.717, 1.165) is 24.4 Å². The molecule has 1 aliphatic rings. The van der Waals surface area contributed by atoms with Crippen LogP contribution in [-0.2, 0) is 30.5 Å². The van der Waals surface area contributed by atoms with Gasteiger partial charge in [0.1, 0.15) is 5.82 Å². The highest BCUT2D eigenvalue weighted by Gasteiger charge is 2.15. The molecular weight excluding hydrogens is 318 g/mol. The molecule has 0 aliphatic heterocycles. The van der Waals surface area contributed by atoms with Crippen LogP contribution in [0.1, 0.15) is 47.7 Å². The zero-order chi connectivity index (χ0) is 17.6. The minimum absolute atomic E-state index is 0.0392. The molecule has 2 aromatic rings. The van der Waals surface area contributed by atoms with Crippen molar-refractivity contribution in [3.05, 3.63) is 51.0 Å². The van der Waals surface area contributed by atoms with Gasteiger partial charge in [0.25, 0.3) is 5.56 Å². The van der Waals surface area contributed by atoms with E-state index in [1.807, 2.05) is 6.92 Å². The Balaban J connectivity index is 1.46.